The molecule has 1 unspecified atom stereocenters. The smallest absolute Gasteiger partial charge is 0.313 e. The Morgan fingerprint density at radius 2 is 1.22 bits per heavy atom. The molecule has 1 N–H and O–H groups in total. The van der Waals surface area contributed by atoms with Crippen LogP contribution >= 0.6 is 0 Å². The van der Waals surface area contributed by atoms with Crippen LogP contribution in [-0.4, -0.2) is 69.3 Å². The lowest BCUT2D eigenvalue weighted by Gasteiger charge is -2.30. The zero-order chi connectivity index (χ0) is 26.1. The Hall–Kier alpha value is -1.34. The van der Waals surface area contributed by atoms with E-state index in [4.69, 9.17) is 0 Å². The molecule has 32 heavy (non-hydrogen) atoms. The van der Waals surface area contributed by atoms with E-state index >= 15 is 0 Å². The van der Waals surface area contributed by atoms with Crippen molar-refractivity contribution in [2.45, 2.75) is 56.1 Å². The number of nitrogens with zero attached hydrogens (tertiary/aromatic N) is 2. The van der Waals surface area contributed by atoms with Gasteiger partial charge in [-0.25, -0.2) is 21.8 Å². The quantitative estimate of drug-likeness (QED) is 0.525. The molecule has 0 radical (unpaired) electrons. The van der Waals surface area contributed by atoms with Crippen molar-refractivity contribution >= 4 is 20.0 Å². The molecule has 0 fully saturated rings. The number of hydrogen-bond acceptors (Lipinski definition) is 6. The molecule has 0 bridgehead atoms. The summed E-state index contributed by atoms with van der Waals surface area (Å²) < 4.78 is 160. The fraction of sp³-hybridized carbons (Fsp3) is 0.846. The minimum atomic E-state index is -7.49. The first-order chi connectivity index (χ1) is 13.9. The van der Waals surface area contributed by atoms with Gasteiger partial charge in [-0.05, 0) is 26.3 Å². The molecule has 7 nitrogen and oxygen atoms in total. The van der Waals surface area contributed by atoms with E-state index in [0.717, 1.165) is 6.54 Å². The van der Waals surface area contributed by atoms with Gasteiger partial charge in [0.25, 0.3) is 20.0 Å². The third-order valence-electron chi connectivity index (χ3n) is 3.86. The van der Waals surface area contributed by atoms with Crippen LogP contribution in [0.5, 0.6) is 0 Å². The molecular formula is C13H19F10N3O4S2. The lowest BCUT2D eigenvalue weighted by atomic mass is 10.3. The molecule has 0 aliphatic carbocycles. The molecule has 0 amide bonds. The summed E-state index contributed by atoms with van der Waals surface area (Å²) in [5, 5.41) is -9.24. The average molecular weight is 535 g/mol. The van der Waals surface area contributed by atoms with Crippen molar-refractivity contribution in [2.75, 3.05) is 13.6 Å². The van der Waals surface area contributed by atoms with Gasteiger partial charge in [-0.15, -0.1) is 0 Å². The lowest BCUT2D eigenvalue weighted by molar-refractivity contribution is -0.242. The van der Waals surface area contributed by atoms with Crippen LogP contribution in [0.15, 0.2) is 11.8 Å². The Labute approximate surface area is 177 Å². The summed E-state index contributed by atoms with van der Waals surface area (Å²) in [6, 6.07) is 0.583. The van der Waals surface area contributed by atoms with Gasteiger partial charge in [-0.2, -0.15) is 43.9 Å². The van der Waals surface area contributed by atoms with Gasteiger partial charge in [0.1, 0.15) is 0 Å². The highest BCUT2D eigenvalue weighted by Gasteiger charge is 2.73. The highest BCUT2D eigenvalue weighted by atomic mass is 32.3. The highest BCUT2D eigenvalue weighted by molar-refractivity contribution is 8.05. The zero-order valence-corrected chi connectivity index (χ0v) is 18.3. The van der Waals surface area contributed by atoms with Crippen molar-refractivity contribution in [3.63, 3.8) is 0 Å². The van der Waals surface area contributed by atoms with Crippen molar-refractivity contribution in [3.8, 4) is 0 Å². The van der Waals surface area contributed by atoms with Crippen molar-refractivity contribution in [1.82, 2.24) is 14.1 Å². The molecule has 19 heteroatoms. The largest absolute Gasteiger partial charge is 0.471 e. The van der Waals surface area contributed by atoms with E-state index in [0.29, 0.717) is 6.04 Å². The molecular weight excluding hydrogens is 516 g/mol. The van der Waals surface area contributed by atoms with Crippen molar-refractivity contribution in [1.29, 1.82) is 0 Å². The second-order valence-electron chi connectivity index (χ2n) is 6.35. The van der Waals surface area contributed by atoms with Crippen LogP contribution in [0.4, 0.5) is 43.9 Å². The number of sulfonamides is 2. The maximum atomic E-state index is 12.4. The molecule has 0 saturated carbocycles. The zero-order valence-electron chi connectivity index (χ0n) is 16.7. The first kappa shape index (κ1) is 30.7. The molecule has 0 aromatic carbocycles. The van der Waals surface area contributed by atoms with Crippen LogP contribution in [0.25, 0.3) is 0 Å². The average Bonchev–Trinajstić information content (AvgIpc) is 2.79. The SMILES string of the molecule is CCCN1C(C)C=C(C)N1C.O=S(=O)(NS(=O)(=O)C(F)(F)C(F)(F)F)C(F)(F)C(F)(F)F. The van der Waals surface area contributed by atoms with Gasteiger partial charge in [-0.3, -0.25) is 0 Å². The van der Waals surface area contributed by atoms with E-state index in [1.807, 2.05) is 0 Å². The molecule has 0 saturated heterocycles. The molecule has 192 valence electrons. The predicted molar refractivity (Wildman–Crippen MR) is 91.0 cm³/mol. The van der Waals surface area contributed by atoms with Gasteiger partial charge < -0.3 is 5.01 Å². The number of nitrogens with one attached hydrogen (secondary N) is 1. The summed E-state index contributed by atoms with van der Waals surface area (Å²) in [7, 11) is -12.9. The van der Waals surface area contributed by atoms with Crippen LogP contribution in [0, 0.1) is 0 Å². The molecule has 0 spiro atoms. The molecule has 0 aromatic rings. The fourth-order valence-corrected chi connectivity index (χ4v) is 4.76. The molecule has 1 rings (SSSR count). The van der Waals surface area contributed by atoms with Crippen LogP contribution in [-0.2, 0) is 20.0 Å². The second-order valence-corrected chi connectivity index (χ2v) is 10.1. The van der Waals surface area contributed by atoms with Gasteiger partial charge in [0.15, 0.2) is 0 Å². The Bertz CT molecular complexity index is 844. The number of halogens is 10. The minimum absolute atomic E-state index is 0.583. The second kappa shape index (κ2) is 9.49. The monoisotopic (exact) mass is 535 g/mol. The van der Waals surface area contributed by atoms with Crippen LogP contribution in [0.1, 0.15) is 27.2 Å². The van der Waals surface area contributed by atoms with E-state index < -0.39 is 47.0 Å². The van der Waals surface area contributed by atoms with Crippen LogP contribution in [0.2, 0.25) is 0 Å². The predicted octanol–water partition coefficient (Wildman–Crippen LogP) is 3.40. The van der Waals surface area contributed by atoms with Crippen molar-refractivity contribution < 1.29 is 60.7 Å². The maximum absolute atomic E-state index is 12.4. The highest BCUT2D eigenvalue weighted by Crippen LogP contribution is 2.43. The fourth-order valence-electron chi connectivity index (χ4n) is 2.16. The Kier molecular flexibility index (Phi) is 9.10. The number of allylic oxidation sites excluding steroid dienone is 1. The summed E-state index contributed by atoms with van der Waals surface area (Å²) in [4.78, 5) is 0. The van der Waals surface area contributed by atoms with E-state index in [9.17, 15) is 60.7 Å². The van der Waals surface area contributed by atoms with Gasteiger partial charge in [0.05, 0.1) is 0 Å². The molecule has 1 aliphatic rings. The van der Waals surface area contributed by atoms with Gasteiger partial charge >= 0.3 is 22.9 Å². The van der Waals surface area contributed by atoms with Crippen LogP contribution in [0.3, 0.4) is 0 Å². The van der Waals surface area contributed by atoms with Gasteiger partial charge in [0.2, 0.25) is 0 Å². The third kappa shape index (κ3) is 6.16. The number of rotatable bonds is 6. The van der Waals surface area contributed by atoms with Gasteiger partial charge in [-0.1, -0.05) is 11.1 Å². The minimum Gasteiger partial charge on any atom is -0.313 e. The van der Waals surface area contributed by atoms with E-state index in [1.165, 1.54) is 12.1 Å². The van der Waals surface area contributed by atoms with Crippen molar-refractivity contribution in [2.24, 2.45) is 0 Å². The molecule has 1 aliphatic heterocycles. The molecule has 0 aromatic heterocycles. The Morgan fingerprint density at radius 1 is 0.875 bits per heavy atom. The summed E-state index contributed by atoms with van der Waals surface area (Å²) >= 11 is 0. The summed E-state index contributed by atoms with van der Waals surface area (Å²) in [6.07, 6.45) is -10.4. The molecule has 1 heterocycles. The summed E-state index contributed by atoms with van der Waals surface area (Å²) in [6.45, 7) is 7.77. The Balaban J connectivity index is 0.000000726. The standard InChI is InChI=1S/C9H18N2.C4HF10NO4S2/c1-5-6-11-9(3)7-8(2)10(11)4;5-1(6,7)3(11,12)20(16,17)15-21(18,19)4(13,14)2(8,9)10/h7,9H,5-6H2,1-4H3;15H. The number of hydrogen-bond donors (Lipinski definition) is 1. The summed E-state index contributed by atoms with van der Waals surface area (Å²) in [5.41, 5.74) is 1.37. The number of hydrazine groups is 1. The van der Waals surface area contributed by atoms with E-state index in [2.05, 4.69) is 43.9 Å². The molecule has 1 atom stereocenters. The number of alkyl halides is 10. The van der Waals surface area contributed by atoms with E-state index in [1.54, 1.807) is 0 Å². The topological polar surface area (TPSA) is 86.8 Å². The Morgan fingerprint density at radius 3 is 1.44 bits per heavy atom. The van der Waals surface area contributed by atoms with E-state index in [-0.39, 0.29) is 0 Å². The lowest BCUT2D eigenvalue weighted by Crippen LogP contribution is -2.57. The maximum Gasteiger partial charge on any atom is 0.471 e. The first-order valence-electron chi connectivity index (χ1n) is 8.22. The summed E-state index contributed by atoms with van der Waals surface area (Å²) in [5.74, 6) is 0. The first-order valence-corrected chi connectivity index (χ1v) is 11.2. The van der Waals surface area contributed by atoms with Crippen molar-refractivity contribution in [3.05, 3.63) is 11.8 Å². The van der Waals surface area contributed by atoms with Gasteiger partial charge in [0, 0.05) is 25.3 Å². The van der Waals surface area contributed by atoms with Crippen LogP contribution < -0.4 is 4.13 Å². The normalized spacial score (nSPS) is 19.5. The third-order valence-corrected chi connectivity index (χ3v) is 7.42.